The van der Waals surface area contributed by atoms with Gasteiger partial charge in [-0.1, -0.05) is 10.7 Å². The lowest BCUT2D eigenvalue weighted by Crippen LogP contribution is -2.37. The van der Waals surface area contributed by atoms with Gasteiger partial charge in [-0.15, -0.1) is 0 Å². The highest BCUT2D eigenvalue weighted by Gasteiger charge is 2.12. The highest BCUT2D eigenvalue weighted by atomic mass is 32.2. The quantitative estimate of drug-likeness (QED) is 0.378. The molecule has 3 heterocycles. The van der Waals surface area contributed by atoms with Crippen LogP contribution in [0.1, 0.15) is 6.42 Å². The second-order valence-electron chi connectivity index (χ2n) is 7.32. The predicted octanol–water partition coefficient (Wildman–Crippen LogP) is 3.11. The third-order valence-electron chi connectivity index (χ3n) is 5.09. The highest BCUT2D eigenvalue weighted by Crippen LogP contribution is 2.26. The van der Waals surface area contributed by atoms with Gasteiger partial charge in [0.1, 0.15) is 5.82 Å². The van der Waals surface area contributed by atoms with E-state index in [4.69, 9.17) is 14.5 Å². The summed E-state index contributed by atoms with van der Waals surface area (Å²) < 4.78 is 13.2. The molecule has 1 aliphatic rings. The van der Waals surface area contributed by atoms with Gasteiger partial charge in [0.2, 0.25) is 5.95 Å². The van der Waals surface area contributed by atoms with E-state index in [1.165, 1.54) is 0 Å². The molecule has 1 fully saturated rings. The molecule has 0 radical (unpaired) electrons. The number of aromatic amines is 1. The van der Waals surface area contributed by atoms with Crippen molar-refractivity contribution in [3.05, 3.63) is 42.7 Å². The Kier molecular flexibility index (Phi) is 7.23. The Balaban J connectivity index is 1.44. The Morgan fingerprint density at radius 2 is 2.00 bits per heavy atom. The van der Waals surface area contributed by atoms with Crippen molar-refractivity contribution in [3.63, 3.8) is 0 Å². The zero-order valence-electron chi connectivity index (χ0n) is 17.6. The fourth-order valence-electron chi connectivity index (χ4n) is 3.39. The molecule has 1 unspecified atom stereocenters. The van der Waals surface area contributed by atoms with Crippen LogP contribution in [0, 0.1) is 4.78 Å². The molecule has 164 valence electrons. The van der Waals surface area contributed by atoms with E-state index in [2.05, 4.69) is 30.7 Å². The van der Waals surface area contributed by atoms with Crippen LogP contribution in [0.5, 0.6) is 0 Å². The van der Waals surface area contributed by atoms with Gasteiger partial charge in [-0.3, -0.25) is 14.8 Å². The molecule has 0 saturated carbocycles. The van der Waals surface area contributed by atoms with Crippen LogP contribution in [0.15, 0.2) is 47.6 Å². The van der Waals surface area contributed by atoms with Crippen molar-refractivity contribution in [3.8, 4) is 11.3 Å². The number of anilines is 3. The first-order chi connectivity index (χ1) is 15.2. The van der Waals surface area contributed by atoms with Crippen LogP contribution >= 0.6 is 0 Å². The largest absolute Gasteiger partial charge is 0.379 e. The number of hydrogen-bond donors (Lipinski definition) is 4. The number of ether oxygens (including phenoxy) is 1. The van der Waals surface area contributed by atoms with Gasteiger partial charge in [-0.05, 0) is 49.6 Å². The molecule has 10 heteroatoms. The minimum atomic E-state index is -0.503. The summed E-state index contributed by atoms with van der Waals surface area (Å²) in [4.78, 5) is 12.6. The lowest BCUT2D eigenvalue weighted by atomic mass is 10.2. The van der Waals surface area contributed by atoms with Gasteiger partial charge < -0.3 is 15.4 Å². The third kappa shape index (κ3) is 5.87. The van der Waals surface area contributed by atoms with Gasteiger partial charge >= 0.3 is 0 Å². The van der Waals surface area contributed by atoms with Crippen LogP contribution in [0.25, 0.3) is 11.3 Å². The van der Waals surface area contributed by atoms with Gasteiger partial charge in [0.25, 0.3) is 0 Å². The number of benzene rings is 1. The van der Waals surface area contributed by atoms with E-state index in [0.29, 0.717) is 5.95 Å². The van der Waals surface area contributed by atoms with Gasteiger partial charge in [0.05, 0.1) is 24.5 Å². The minimum Gasteiger partial charge on any atom is -0.379 e. The van der Waals surface area contributed by atoms with Crippen molar-refractivity contribution in [2.75, 3.05) is 56.3 Å². The molecule has 4 N–H and O–H groups in total. The molecule has 2 aromatic heterocycles. The van der Waals surface area contributed by atoms with Crippen molar-refractivity contribution in [2.24, 2.45) is 0 Å². The highest BCUT2D eigenvalue weighted by molar-refractivity contribution is 7.85. The Labute approximate surface area is 184 Å². The Hall–Kier alpha value is -2.82. The minimum absolute atomic E-state index is 0.503. The van der Waals surface area contributed by atoms with E-state index >= 15 is 0 Å². The Bertz CT molecular complexity index is 987. The molecule has 31 heavy (non-hydrogen) atoms. The van der Waals surface area contributed by atoms with Gasteiger partial charge in [0, 0.05) is 42.6 Å². The molecule has 1 saturated heterocycles. The molecule has 0 aliphatic carbocycles. The molecule has 0 amide bonds. The smallest absolute Gasteiger partial charge is 0.229 e. The number of morpholine rings is 1. The maximum Gasteiger partial charge on any atom is 0.229 e. The zero-order valence-corrected chi connectivity index (χ0v) is 18.4. The third-order valence-corrected chi connectivity index (χ3v) is 6.07. The second kappa shape index (κ2) is 10.5. The Morgan fingerprint density at radius 3 is 2.71 bits per heavy atom. The van der Waals surface area contributed by atoms with E-state index in [0.717, 1.165) is 73.5 Å². The van der Waals surface area contributed by atoms with Crippen LogP contribution in [0.3, 0.4) is 0 Å². The van der Waals surface area contributed by atoms with Crippen molar-refractivity contribution >= 4 is 28.1 Å². The summed E-state index contributed by atoms with van der Waals surface area (Å²) >= 11 is 0. The molecule has 4 rings (SSSR count). The fourth-order valence-corrected chi connectivity index (χ4v) is 3.93. The van der Waals surface area contributed by atoms with Crippen molar-refractivity contribution in [1.29, 1.82) is 4.78 Å². The SMILES string of the molecule is CS(=N)c1ccc(Nc2ncc(-c3ccn[nH]3)c(NCCCN3CCOCC3)n2)cc1. The van der Waals surface area contributed by atoms with E-state index in [1.807, 2.05) is 36.6 Å². The maximum atomic E-state index is 7.83. The van der Waals surface area contributed by atoms with Crippen molar-refractivity contribution < 1.29 is 4.74 Å². The van der Waals surface area contributed by atoms with Gasteiger partial charge in [-0.25, -0.2) is 4.98 Å². The molecule has 3 aromatic rings. The second-order valence-corrected chi connectivity index (χ2v) is 8.81. The molecule has 1 aromatic carbocycles. The number of nitrogens with zero attached hydrogens (tertiary/aromatic N) is 4. The van der Waals surface area contributed by atoms with Gasteiger partial charge in [0.15, 0.2) is 0 Å². The van der Waals surface area contributed by atoms with E-state index < -0.39 is 10.7 Å². The van der Waals surface area contributed by atoms with E-state index in [-0.39, 0.29) is 0 Å². The van der Waals surface area contributed by atoms with Crippen LogP contribution in [-0.2, 0) is 15.4 Å². The summed E-state index contributed by atoms with van der Waals surface area (Å²) in [6.45, 7) is 5.48. The molecule has 9 nitrogen and oxygen atoms in total. The lowest BCUT2D eigenvalue weighted by Gasteiger charge is -2.26. The average molecular weight is 441 g/mol. The Morgan fingerprint density at radius 1 is 1.19 bits per heavy atom. The van der Waals surface area contributed by atoms with Crippen LogP contribution < -0.4 is 10.6 Å². The normalized spacial score (nSPS) is 15.5. The molecular formula is C21H28N8OS. The topological polar surface area (TPSA) is 115 Å². The first kappa shape index (κ1) is 21.4. The summed E-state index contributed by atoms with van der Waals surface area (Å²) in [5.41, 5.74) is 2.65. The summed E-state index contributed by atoms with van der Waals surface area (Å²) in [6, 6.07) is 9.74. The number of H-pyrrole nitrogens is 1. The van der Waals surface area contributed by atoms with Crippen LogP contribution in [0.2, 0.25) is 0 Å². The maximum absolute atomic E-state index is 7.83. The first-order valence-electron chi connectivity index (χ1n) is 10.3. The summed E-state index contributed by atoms with van der Waals surface area (Å²) in [6.07, 6.45) is 6.42. The molecule has 1 aliphatic heterocycles. The van der Waals surface area contributed by atoms with Gasteiger partial charge in [-0.2, -0.15) is 10.1 Å². The van der Waals surface area contributed by atoms with E-state index in [1.54, 1.807) is 12.4 Å². The summed E-state index contributed by atoms with van der Waals surface area (Å²) in [7, 11) is -0.503. The monoisotopic (exact) mass is 440 g/mol. The number of hydrogen-bond acceptors (Lipinski definition) is 8. The van der Waals surface area contributed by atoms with Crippen LogP contribution in [-0.4, -0.2) is 70.7 Å². The summed E-state index contributed by atoms with van der Waals surface area (Å²) in [5, 5.41) is 13.8. The number of rotatable bonds is 9. The zero-order chi connectivity index (χ0) is 21.5. The number of nitrogens with one attached hydrogen (secondary N) is 4. The number of aromatic nitrogens is 4. The first-order valence-corrected chi connectivity index (χ1v) is 12.0. The molecular weight excluding hydrogens is 412 g/mol. The molecule has 1 atom stereocenters. The van der Waals surface area contributed by atoms with Crippen molar-refractivity contribution in [1.82, 2.24) is 25.1 Å². The van der Waals surface area contributed by atoms with Crippen molar-refractivity contribution in [2.45, 2.75) is 11.3 Å². The lowest BCUT2D eigenvalue weighted by molar-refractivity contribution is 0.0378. The average Bonchev–Trinajstić information content (AvgIpc) is 3.33. The fraction of sp³-hybridized carbons (Fsp3) is 0.381. The van der Waals surface area contributed by atoms with E-state index in [9.17, 15) is 0 Å². The standard InChI is InChI=1S/C21H28N8OS/c1-31(22)17-5-3-16(4-6-17)26-21-24-15-18(19-7-9-25-28-19)20(27-21)23-8-2-10-29-11-13-30-14-12-29/h3-7,9,15,22H,2,8,10-14H2,1H3,(H,25,28)(H2,23,24,26,27). The molecule has 0 spiro atoms. The predicted molar refractivity (Wildman–Crippen MR) is 124 cm³/mol. The molecule has 0 bridgehead atoms. The summed E-state index contributed by atoms with van der Waals surface area (Å²) in [5.74, 6) is 1.29. The van der Waals surface area contributed by atoms with Crippen LogP contribution in [0.4, 0.5) is 17.5 Å².